The predicted molar refractivity (Wildman–Crippen MR) is 141 cm³/mol. The molecule has 4 atom stereocenters. The number of ether oxygens (including phenoxy) is 2. The molecule has 13 heteroatoms. The first-order valence-electron chi connectivity index (χ1n) is 12.3. The minimum Gasteiger partial charge on any atom is -0.504 e. The molecule has 3 rings (SSSR count). The Morgan fingerprint density at radius 1 is 0.854 bits per heavy atom. The highest BCUT2D eigenvalue weighted by molar-refractivity contribution is 5.95. The van der Waals surface area contributed by atoms with E-state index in [1.165, 1.54) is 30.4 Å². The van der Waals surface area contributed by atoms with E-state index in [1.54, 1.807) is 0 Å². The maximum absolute atomic E-state index is 12.4. The van der Waals surface area contributed by atoms with Gasteiger partial charge in [-0.05, 0) is 53.1 Å². The maximum Gasteiger partial charge on any atom is 0.336 e. The Bertz CT molecular complexity index is 1350. The van der Waals surface area contributed by atoms with Gasteiger partial charge in [0.1, 0.15) is 19.3 Å². The van der Waals surface area contributed by atoms with Crippen molar-refractivity contribution in [3.63, 3.8) is 0 Å². The van der Waals surface area contributed by atoms with Gasteiger partial charge in [-0.15, -0.1) is 0 Å². The molecule has 0 bridgehead atoms. The highest BCUT2D eigenvalue weighted by Gasteiger charge is 2.52. The third-order valence-electron chi connectivity index (χ3n) is 6.48. The number of aliphatic hydroxyl groups excluding tert-OH is 3. The second kappa shape index (κ2) is 13.4. The monoisotopic (exact) mass is 574 g/mol. The number of carboxylic acid groups (broad SMARTS) is 1. The molecule has 2 aromatic rings. The molecule has 41 heavy (non-hydrogen) atoms. The molecule has 0 aliphatic heterocycles. The van der Waals surface area contributed by atoms with E-state index >= 15 is 0 Å². The lowest BCUT2D eigenvalue weighted by molar-refractivity contribution is -0.205. The highest BCUT2D eigenvalue weighted by atomic mass is 16.5. The summed E-state index contributed by atoms with van der Waals surface area (Å²) in [6.07, 6.45) is -0.902. The van der Waals surface area contributed by atoms with Crippen LogP contribution in [0, 0.1) is 0 Å². The number of aromatic hydroxyl groups is 4. The van der Waals surface area contributed by atoms with Crippen LogP contribution in [-0.2, 0) is 30.5 Å². The standard InChI is InChI=1S/C28H30O13/c29-12-17-9-23(35)22(34)8-16(17)3-5-18(30)13-40-25-11-28(27(38)39,10-24(36)26(25)37)41-14-19(31)4-1-15-2-6-20(32)21(33)7-15/h1-9,24-26,29,32-37H,10-14H2,(H,38,39)/b4-1+,5-3+/t24-,25-,26-,28+/m1/s1. The minimum atomic E-state index is -2.12. The van der Waals surface area contributed by atoms with E-state index in [0.29, 0.717) is 5.56 Å². The molecule has 2 aromatic carbocycles. The number of aliphatic carboxylic acids is 1. The summed E-state index contributed by atoms with van der Waals surface area (Å²) in [6.45, 7) is -1.84. The number of aliphatic hydroxyl groups is 3. The van der Waals surface area contributed by atoms with Crippen molar-refractivity contribution in [3.05, 3.63) is 59.2 Å². The van der Waals surface area contributed by atoms with E-state index in [2.05, 4.69) is 0 Å². The van der Waals surface area contributed by atoms with Gasteiger partial charge in [0.15, 0.2) is 40.2 Å². The SMILES string of the molecule is O=C(/C=C/c1cc(O)c(O)cc1CO)CO[C@@H]1C[C@](OCC(=O)/C=C/c2ccc(O)c(O)c2)(C(=O)O)C[C@@H](O)[C@H]1O. The second-order valence-electron chi connectivity index (χ2n) is 9.45. The molecule has 0 amide bonds. The van der Waals surface area contributed by atoms with Crippen LogP contribution in [-0.4, -0.2) is 95.5 Å². The second-order valence-corrected chi connectivity index (χ2v) is 9.45. The van der Waals surface area contributed by atoms with Gasteiger partial charge in [0.05, 0.1) is 18.8 Å². The molecule has 0 saturated heterocycles. The number of carboxylic acids is 1. The largest absolute Gasteiger partial charge is 0.504 e. The third-order valence-corrected chi connectivity index (χ3v) is 6.48. The zero-order valence-corrected chi connectivity index (χ0v) is 21.6. The minimum absolute atomic E-state index is 0.227. The summed E-state index contributed by atoms with van der Waals surface area (Å²) in [4.78, 5) is 36.9. The highest BCUT2D eigenvalue weighted by Crippen LogP contribution is 2.35. The number of carbonyl (C=O) groups is 3. The molecule has 8 N–H and O–H groups in total. The fourth-order valence-electron chi connectivity index (χ4n) is 4.19. The molecular weight excluding hydrogens is 544 g/mol. The Kier molecular flexibility index (Phi) is 10.2. The number of carbonyl (C=O) groups excluding carboxylic acids is 2. The third kappa shape index (κ3) is 7.90. The number of phenolic OH excluding ortho intramolecular Hbond substituents is 4. The molecule has 1 saturated carbocycles. The average molecular weight is 575 g/mol. The first-order valence-corrected chi connectivity index (χ1v) is 12.3. The number of hydrogen-bond donors (Lipinski definition) is 8. The van der Waals surface area contributed by atoms with Crippen LogP contribution < -0.4 is 0 Å². The summed E-state index contributed by atoms with van der Waals surface area (Å²) in [5.41, 5.74) is -1.28. The van der Waals surface area contributed by atoms with Crippen molar-refractivity contribution in [2.75, 3.05) is 13.2 Å². The van der Waals surface area contributed by atoms with Gasteiger partial charge in [0.25, 0.3) is 0 Å². The Morgan fingerprint density at radius 2 is 1.49 bits per heavy atom. The van der Waals surface area contributed by atoms with E-state index in [4.69, 9.17) is 9.47 Å². The fourth-order valence-corrected chi connectivity index (χ4v) is 4.19. The molecule has 1 aliphatic carbocycles. The molecule has 0 radical (unpaired) electrons. The molecule has 0 unspecified atom stereocenters. The Hall–Kier alpha value is -4.27. The summed E-state index contributed by atoms with van der Waals surface area (Å²) in [5.74, 6) is -4.48. The summed E-state index contributed by atoms with van der Waals surface area (Å²) in [6, 6.07) is 6.11. The van der Waals surface area contributed by atoms with Crippen molar-refractivity contribution in [2.45, 2.75) is 43.4 Å². The number of benzene rings is 2. The van der Waals surface area contributed by atoms with Gasteiger partial charge in [-0.25, -0.2) is 4.79 Å². The van der Waals surface area contributed by atoms with Crippen molar-refractivity contribution in [3.8, 4) is 23.0 Å². The number of phenols is 4. The lowest BCUT2D eigenvalue weighted by Gasteiger charge is -2.42. The van der Waals surface area contributed by atoms with E-state index in [9.17, 15) is 55.2 Å². The lowest BCUT2D eigenvalue weighted by Crippen LogP contribution is -2.58. The van der Waals surface area contributed by atoms with E-state index in [1.807, 2.05) is 0 Å². The first-order chi connectivity index (χ1) is 19.3. The Morgan fingerprint density at radius 3 is 2.15 bits per heavy atom. The van der Waals surface area contributed by atoms with Crippen LogP contribution in [0.15, 0.2) is 42.5 Å². The van der Waals surface area contributed by atoms with Gasteiger partial charge < -0.3 is 50.3 Å². The predicted octanol–water partition coefficient (Wildman–Crippen LogP) is 0.607. The van der Waals surface area contributed by atoms with E-state index in [0.717, 1.165) is 24.3 Å². The molecule has 1 fully saturated rings. The van der Waals surface area contributed by atoms with Gasteiger partial charge in [0, 0.05) is 12.8 Å². The summed E-state index contributed by atoms with van der Waals surface area (Å²) >= 11 is 0. The Labute approximate surface area is 233 Å². The van der Waals surface area contributed by atoms with Gasteiger partial charge in [-0.2, -0.15) is 0 Å². The molecule has 220 valence electrons. The smallest absolute Gasteiger partial charge is 0.336 e. The van der Waals surface area contributed by atoms with Crippen LogP contribution >= 0.6 is 0 Å². The first kappa shape index (κ1) is 31.3. The van der Waals surface area contributed by atoms with Crippen LogP contribution in [0.5, 0.6) is 23.0 Å². The topological polar surface area (TPSA) is 232 Å². The maximum atomic E-state index is 12.4. The van der Waals surface area contributed by atoms with Gasteiger partial charge in [0.2, 0.25) is 0 Å². The van der Waals surface area contributed by atoms with E-state index < -0.39 is 91.4 Å². The lowest BCUT2D eigenvalue weighted by atomic mass is 9.79. The van der Waals surface area contributed by atoms with E-state index in [-0.39, 0.29) is 16.9 Å². The quantitative estimate of drug-likeness (QED) is 0.128. The van der Waals surface area contributed by atoms with Crippen LogP contribution in [0.1, 0.15) is 29.5 Å². The number of ketones is 2. The van der Waals surface area contributed by atoms with Gasteiger partial charge in [-0.3, -0.25) is 9.59 Å². The van der Waals surface area contributed by atoms with Crippen molar-refractivity contribution in [1.29, 1.82) is 0 Å². The van der Waals surface area contributed by atoms with Crippen LogP contribution in [0.3, 0.4) is 0 Å². The fraction of sp³-hybridized carbons (Fsp3) is 0.321. The van der Waals surface area contributed by atoms with Gasteiger partial charge >= 0.3 is 5.97 Å². The molecular formula is C28H30O13. The Balaban J connectivity index is 1.64. The van der Waals surface area contributed by atoms with Crippen LogP contribution in [0.2, 0.25) is 0 Å². The zero-order valence-electron chi connectivity index (χ0n) is 21.6. The van der Waals surface area contributed by atoms with Crippen LogP contribution in [0.4, 0.5) is 0 Å². The van der Waals surface area contributed by atoms with Crippen molar-refractivity contribution in [2.24, 2.45) is 0 Å². The molecule has 1 aliphatic rings. The number of rotatable bonds is 12. The normalized spacial score (nSPS) is 22.8. The average Bonchev–Trinajstić information content (AvgIpc) is 2.93. The van der Waals surface area contributed by atoms with Crippen molar-refractivity contribution in [1.82, 2.24) is 0 Å². The molecule has 13 nitrogen and oxygen atoms in total. The van der Waals surface area contributed by atoms with Gasteiger partial charge in [-0.1, -0.05) is 18.2 Å². The zero-order chi connectivity index (χ0) is 30.3. The van der Waals surface area contributed by atoms with Crippen molar-refractivity contribution >= 4 is 29.7 Å². The summed E-state index contributed by atoms with van der Waals surface area (Å²) in [5, 5.41) is 78.1. The number of hydrogen-bond acceptors (Lipinski definition) is 12. The molecule has 0 aromatic heterocycles. The molecule has 0 heterocycles. The van der Waals surface area contributed by atoms with Crippen LogP contribution in [0.25, 0.3) is 12.2 Å². The summed E-state index contributed by atoms with van der Waals surface area (Å²) < 4.78 is 10.8. The molecule has 0 spiro atoms. The summed E-state index contributed by atoms with van der Waals surface area (Å²) in [7, 11) is 0. The van der Waals surface area contributed by atoms with Crippen molar-refractivity contribution < 1.29 is 64.7 Å².